The lowest BCUT2D eigenvalue weighted by molar-refractivity contribution is -0.129. The predicted molar refractivity (Wildman–Crippen MR) is 72.5 cm³/mol. The molecule has 1 aliphatic heterocycles. The molecule has 1 aliphatic rings. The summed E-state index contributed by atoms with van der Waals surface area (Å²) in [6.45, 7) is 5.56. The van der Waals surface area contributed by atoms with E-state index in [9.17, 15) is 9.59 Å². The average Bonchev–Trinajstić information content (AvgIpc) is 2.93. The zero-order valence-corrected chi connectivity index (χ0v) is 12.0. The van der Waals surface area contributed by atoms with Gasteiger partial charge in [-0.05, 0) is 32.9 Å². The van der Waals surface area contributed by atoms with Gasteiger partial charge in [0.15, 0.2) is 0 Å². The second kappa shape index (κ2) is 5.28. The summed E-state index contributed by atoms with van der Waals surface area (Å²) in [5.41, 5.74) is -0.181. The van der Waals surface area contributed by atoms with Crippen molar-refractivity contribution in [2.45, 2.75) is 26.8 Å². The van der Waals surface area contributed by atoms with Crippen molar-refractivity contribution in [1.29, 1.82) is 0 Å². The van der Waals surface area contributed by atoms with Gasteiger partial charge >= 0.3 is 5.97 Å². The highest BCUT2D eigenvalue weighted by molar-refractivity contribution is 5.88. The number of hydrogen-bond acceptors (Lipinski definition) is 4. The Morgan fingerprint density at radius 2 is 2.25 bits per heavy atom. The molecule has 1 amide bonds. The number of carboxylic acids is 1. The SMILES string of the molecule is CNC(=O)C1(C)CCN(Cc2cc(C(=O)O)c(C)o2)C1. The maximum atomic E-state index is 11.8. The van der Waals surface area contributed by atoms with Crippen LogP contribution in [0.5, 0.6) is 0 Å². The predicted octanol–water partition coefficient (Wildman–Crippen LogP) is 1.24. The normalized spacial score (nSPS) is 22.9. The number of nitrogens with zero attached hydrogens (tertiary/aromatic N) is 1. The van der Waals surface area contributed by atoms with Gasteiger partial charge < -0.3 is 14.8 Å². The third-order valence-corrected chi connectivity index (χ3v) is 3.91. The van der Waals surface area contributed by atoms with E-state index in [1.807, 2.05) is 6.92 Å². The molecule has 6 nitrogen and oxygen atoms in total. The van der Waals surface area contributed by atoms with E-state index in [-0.39, 0.29) is 16.9 Å². The molecule has 0 bridgehead atoms. The number of carbonyl (C=O) groups is 2. The highest BCUT2D eigenvalue weighted by Gasteiger charge is 2.39. The van der Waals surface area contributed by atoms with Crippen LogP contribution in [0.3, 0.4) is 0 Å². The van der Waals surface area contributed by atoms with Crippen molar-refractivity contribution in [2.75, 3.05) is 20.1 Å². The van der Waals surface area contributed by atoms with Crippen LogP contribution >= 0.6 is 0 Å². The topological polar surface area (TPSA) is 82.8 Å². The minimum absolute atomic E-state index is 0.0434. The first-order valence-corrected chi connectivity index (χ1v) is 6.63. The Morgan fingerprint density at radius 1 is 1.55 bits per heavy atom. The molecule has 1 unspecified atom stereocenters. The number of carbonyl (C=O) groups excluding carboxylic acids is 1. The van der Waals surface area contributed by atoms with Crippen molar-refractivity contribution in [3.05, 3.63) is 23.2 Å². The number of rotatable bonds is 4. The Bertz CT molecular complexity index is 537. The third kappa shape index (κ3) is 2.70. The van der Waals surface area contributed by atoms with Gasteiger partial charge in [0.25, 0.3) is 0 Å². The van der Waals surface area contributed by atoms with Gasteiger partial charge in [-0.15, -0.1) is 0 Å². The van der Waals surface area contributed by atoms with E-state index < -0.39 is 5.97 Å². The fourth-order valence-electron chi connectivity index (χ4n) is 2.73. The summed E-state index contributed by atoms with van der Waals surface area (Å²) in [6, 6.07) is 1.56. The number of aromatic carboxylic acids is 1. The molecule has 1 atom stereocenters. The summed E-state index contributed by atoms with van der Waals surface area (Å²) >= 11 is 0. The molecule has 0 spiro atoms. The van der Waals surface area contributed by atoms with E-state index in [2.05, 4.69) is 10.2 Å². The molecule has 1 aromatic heterocycles. The van der Waals surface area contributed by atoms with Gasteiger partial charge in [-0.2, -0.15) is 0 Å². The largest absolute Gasteiger partial charge is 0.478 e. The third-order valence-electron chi connectivity index (χ3n) is 3.91. The second-order valence-corrected chi connectivity index (χ2v) is 5.59. The first kappa shape index (κ1) is 14.6. The van der Waals surface area contributed by atoms with Gasteiger partial charge in [0.05, 0.1) is 12.0 Å². The quantitative estimate of drug-likeness (QED) is 0.867. The van der Waals surface area contributed by atoms with Crippen LogP contribution in [0, 0.1) is 12.3 Å². The minimum Gasteiger partial charge on any atom is -0.478 e. The molecular formula is C14H20N2O4. The summed E-state index contributed by atoms with van der Waals surface area (Å²) in [4.78, 5) is 24.9. The Morgan fingerprint density at radius 3 is 2.80 bits per heavy atom. The van der Waals surface area contributed by atoms with E-state index in [1.54, 1.807) is 20.0 Å². The van der Waals surface area contributed by atoms with Crippen molar-refractivity contribution in [3.8, 4) is 0 Å². The number of hydrogen-bond donors (Lipinski definition) is 2. The lowest BCUT2D eigenvalue weighted by atomic mass is 9.89. The Kier molecular flexibility index (Phi) is 3.85. The van der Waals surface area contributed by atoms with Crippen LogP contribution in [0.25, 0.3) is 0 Å². The van der Waals surface area contributed by atoms with Crippen molar-refractivity contribution in [3.63, 3.8) is 0 Å². The van der Waals surface area contributed by atoms with Crippen molar-refractivity contribution >= 4 is 11.9 Å². The number of amides is 1. The molecule has 6 heteroatoms. The maximum absolute atomic E-state index is 11.8. The lowest BCUT2D eigenvalue weighted by Gasteiger charge is -2.22. The van der Waals surface area contributed by atoms with E-state index in [0.29, 0.717) is 24.6 Å². The molecule has 20 heavy (non-hydrogen) atoms. The number of furan rings is 1. The Hall–Kier alpha value is -1.82. The average molecular weight is 280 g/mol. The summed E-state index contributed by atoms with van der Waals surface area (Å²) in [7, 11) is 1.64. The van der Waals surface area contributed by atoms with Gasteiger partial charge in [-0.1, -0.05) is 0 Å². The molecule has 1 aromatic rings. The van der Waals surface area contributed by atoms with Crippen LogP contribution in [-0.2, 0) is 11.3 Å². The molecule has 2 N–H and O–H groups in total. The smallest absolute Gasteiger partial charge is 0.339 e. The van der Waals surface area contributed by atoms with Crippen LogP contribution in [-0.4, -0.2) is 42.0 Å². The maximum Gasteiger partial charge on any atom is 0.339 e. The van der Waals surface area contributed by atoms with Gasteiger partial charge in [-0.25, -0.2) is 4.79 Å². The first-order valence-electron chi connectivity index (χ1n) is 6.63. The molecule has 0 aliphatic carbocycles. The number of nitrogens with one attached hydrogen (secondary N) is 1. The molecule has 1 saturated heterocycles. The zero-order valence-electron chi connectivity index (χ0n) is 12.0. The number of likely N-dealkylation sites (tertiary alicyclic amines) is 1. The monoisotopic (exact) mass is 280 g/mol. The first-order chi connectivity index (χ1) is 9.35. The van der Waals surface area contributed by atoms with Gasteiger partial charge in [0.1, 0.15) is 17.1 Å². The summed E-state index contributed by atoms with van der Waals surface area (Å²) in [6.07, 6.45) is 0.790. The molecule has 0 radical (unpaired) electrons. The van der Waals surface area contributed by atoms with Gasteiger partial charge in [-0.3, -0.25) is 9.69 Å². The van der Waals surface area contributed by atoms with Gasteiger partial charge in [0.2, 0.25) is 5.91 Å². The molecule has 110 valence electrons. The molecular weight excluding hydrogens is 260 g/mol. The summed E-state index contributed by atoms with van der Waals surface area (Å²) in [5, 5.41) is 11.7. The Labute approximate surface area is 117 Å². The van der Waals surface area contributed by atoms with Crippen molar-refractivity contribution < 1.29 is 19.1 Å². The van der Waals surface area contributed by atoms with Crippen LogP contribution < -0.4 is 5.32 Å². The van der Waals surface area contributed by atoms with Crippen LogP contribution in [0.4, 0.5) is 0 Å². The lowest BCUT2D eigenvalue weighted by Crippen LogP contribution is -2.39. The zero-order chi connectivity index (χ0) is 14.9. The molecule has 0 saturated carbocycles. The fraction of sp³-hybridized carbons (Fsp3) is 0.571. The highest BCUT2D eigenvalue weighted by Crippen LogP contribution is 2.31. The van der Waals surface area contributed by atoms with Crippen LogP contribution in [0.15, 0.2) is 10.5 Å². The number of carboxylic acid groups (broad SMARTS) is 1. The second-order valence-electron chi connectivity index (χ2n) is 5.59. The minimum atomic E-state index is -0.978. The molecule has 2 heterocycles. The molecule has 0 aromatic carbocycles. The van der Waals surface area contributed by atoms with Crippen LogP contribution in [0.2, 0.25) is 0 Å². The highest BCUT2D eigenvalue weighted by atomic mass is 16.4. The molecule has 2 rings (SSSR count). The van der Waals surface area contributed by atoms with E-state index in [1.165, 1.54) is 0 Å². The van der Waals surface area contributed by atoms with Gasteiger partial charge in [0, 0.05) is 13.6 Å². The van der Waals surface area contributed by atoms with E-state index in [4.69, 9.17) is 9.52 Å². The van der Waals surface area contributed by atoms with Crippen LogP contribution in [0.1, 0.15) is 35.2 Å². The standard InChI is InChI=1S/C14H20N2O4/c1-9-11(12(17)18)6-10(20-9)7-16-5-4-14(2,8-16)13(19)15-3/h6H,4-5,7-8H2,1-3H3,(H,15,19)(H,17,18). The van der Waals surface area contributed by atoms with E-state index in [0.717, 1.165) is 13.0 Å². The van der Waals surface area contributed by atoms with Crippen molar-refractivity contribution in [2.24, 2.45) is 5.41 Å². The summed E-state index contributed by atoms with van der Waals surface area (Å²) < 4.78 is 5.47. The molecule has 1 fully saturated rings. The van der Waals surface area contributed by atoms with E-state index >= 15 is 0 Å². The van der Waals surface area contributed by atoms with Crippen molar-refractivity contribution in [1.82, 2.24) is 10.2 Å². The fourth-order valence-corrected chi connectivity index (χ4v) is 2.73. The summed E-state index contributed by atoms with van der Waals surface area (Å²) in [5.74, 6) is 0.109. The Balaban J connectivity index is 2.04. The number of aryl methyl sites for hydroxylation is 1.